The third-order valence-corrected chi connectivity index (χ3v) is 8.06. The van der Waals surface area contributed by atoms with Gasteiger partial charge in [-0.1, -0.05) is 67.1 Å². The maximum atomic E-state index is 12.9. The molecule has 2 aromatic carbocycles. The highest BCUT2D eigenvalue weighted by atomic mass is 32.2. The summed E-state index contributed by atoms with van der Waals surface area (Å²) >= 11 is 1.62. The molecule has 3 rings (SSSR count). The van der Waals surface area contributed by atoms with Crippen LogP contribution in [0.3, 0.4) is 0 Å². The SMILES string of the molecule is CCN(CC)S(=O)(=O)c1cccc(-c2nnc(SCc3cc(C)cc(C)c3)n2C)c1. The van der Waals surface area contributed by atoms with Crippen molar-refractivity contribution in [2.75, 3.05) is 13.1 Å². The maximum Gasteiger partial charge on any atom is 0.243 e. The van der Waals surface area contributed by atoms with Crippen molar-refractivity contribution in [3.05, 3.63) is 59.2 Å². The monoisotopic (exact) mass is 444 g/mol. The molecule has 0 bridgehead atoms. The van der Waals surface area contributed by atoms with Crippen LogP contribution in [0.5, 0.6) is 0 Å². The first-order valence-electron chi connectivity index (χ1n) is 9.96. The Kier molecular flexibility index (Phi) is 7.00. The standard InChI is InChI=1S/C22H28N4O2S2/c1-6-26(7-2)30(27,28)20-10-8-9-19(14-20)21-23-24-22(25(21)5)29-15-18-12-16(3)11-17(4)13-18/h8-14H,6-7,15H2,1-5H3. The lowest BCUT2D eigenvalue weighted by atomic mass is 10.1. The van der Waals surface area contributed by atoms with Crippen molar-refractivity contribution in [2.24, 2.45) is 7.05 Å². The number of aromatic nitrogens is 3. The third-order valence-electron chi connectivity index (χ3n) is 4.92. The van der Waals surface area contributed by atoms with E-state index in [1.54, 1.807) is 30.0 Å². The molecule has 30 heavy (non-hydrogen) atoms. The van der Waals surface area contributed by atoms with E-state index in [2.05, 4.69) is 42.2 Å². The number of hydrogen-bond donors (Lipinski definition) is 0. The highest BCUT2D eigenvalue weighted by Gasteiger charge is 2.22. The molecule has 0 aliphatic heterocycles. The second-order valence-electron chi connectivity index (χ2n) is 7.27. The first-order chi connectivity index (χ1) is 14.3. The van der Waals surface area contributed by atoms with Gasteiger partial charge in [-0.3, -0.25) is 0 Å². The van der Waals surface area contributed by atoms with Crippen molar-refractivity contribution < 1.29 is 8.42 Å². The van der Waals surface area contributed by atoms with Gasteiger partial charge in [0.05, 0.1) is 4.90 Å². The first kappa shape index (κ1) is 22.5. The molecule has 1 heterocycles. The molecule has 6 nitrogen and oxygen atoms in total. The van der Waals surface area contributed by atoms with E-state index < -0.39 is 10.0 Å². The van der Waals surface area contributed by atoms with Crippen LogP contribution < -0.4 is 0 Å². The highest BCUT2D eigenvalue weighted by Crippen LogP contribution is 2.27. The van der Waals surface area contributed by atoms with Gasteiger partial charge in [0.1, 0.15) is 0 Å². The van der Waals surface area contributed by atoms with E-state index in [1.807, 2.05) is 31.5 Å². The molecule has 0 saturated carbocycles. The normalized spacial score (nSPS) is 11.9. The van der Waals surface area contributed by atoms with Crippen LogP contribution in [0.2, 0.25) is 0 Å². The van der Waals surface area contributed by atoms with E-state index in [9.17, 15) is 8.42 Å². The highest BCUT2D eigenvalue weighted by molar-refractivity contribution is 7.98. The molecular weight excluding hydrogens is 416 g/mol. The smallest absolute Gasteiger partial charge is 0.243 e. The summed E-state index contributed by atoms with van der Waals surface area (Å²) in [6.45, 7) is 8.75. The lowest BCUT2D eigenvalue weighted by molar-refractivity contribution is 0.445. The summed E-state index contributed by atoms with van der Waals surface area (Å²) in [5.74, 6) is 1.44. The van der Waals surface area contributed by atoms with Crippen LogP contribution in [0.25, 0.3) is 11.4 Å². The van der Waals surface area contributed by atoms with Gasteiger partial charge in [0.15, 0.2) is 11.0 Å². The van der Waals surface area contributed by atoms with Crippen molar-refractivity contribution in [3.8, 4) is 11.4 Å². The summed E-state index contributed by atoms with van der Waals surface area (Å²) in [7, 11) is -1.61. The molecule has 0 radical (unpaired) electrons. The summed E-state index contributed by atoms with van der Waals surface area (Å²) < 4.78 is 29.1. The van der Waals surface area contributed by atoms with Gasteiger partial charge in [0.25, 0.3) is 0 Å². The van der Waals surface area contributed by atoms with Gasteiger partial charge in [-0.2, -0.15) is 4.31 Å². The van der Waals surface area contributed by atoms with Crippen LogP contribution in [0.4, 0.5) is 0 Å². The van der Waals surface area contributed by atoms with E-state index in [4.69, 9.17) is 0 Å². The molecule has 0 atom stereocenters. The molecule has 0 N–H and O–H groups in total. The lowest BCUT2D eigenvalue weighted by Crippen LogP contribution is -2.30. The van der Waals surface area contributed by atoms with Crippen LogP contribution in [0.1, 0.15) is 30.5 Å². The molecule has 0 aliphatic carbocycles. The van der Waals surface area contributed by atoms with Crippen LogP contribution >= 0.6 is 11.8 Å². The summed E-state index contributed by atoms with van der Waals surface area (Å²) in [5.41, 5.74) is 4.47. The fraction of sp³-hybridized carbons (Fsp3) is 0.364. The van der Waals surface area contributed by atoms with Gasteiger partial charge >= 0.3 is 0 Å². The van der Waals surface area contributed by atoms with Crippen LogP contribution in [0, 0.1) is 13.8 Å². The number of benzene rings is 2. The van der Waals surface area contributed by atoms with Gasteiger partial charge in [-0.25, -0.2) is 8.42 Å². The number of aryl methyl sites for hydroxylation is 2. The number of rotatable bonds is 8. The van der Waals surface area contributed by atoms with Gasteiger partial charge in [-0.15, -0.1) is 10.2 Å². The average molecular weight is 445 g/mol. The Morgan fingerprint density at radius 3 is 2.30 bits per heavy atom. The van der Waals surface area contributed by atoms with Crippen molar-refractivity contribution in [1.82, 2.24) is 19.1 Å². The molecule has 0 aliphatic rings. The number of nitrogens with zero attached hydrogens (tertiary/aromatic N) is 4. The fourth-order valence-electron chi connectivity index (χ4n) is 3.50. The van der Waals surface area contributed by atoms with Gasteiger partial charge in [0.2, 0.25) is 10.0 Å². The zero-order valence-corrected chi connectivity index (χ0v) is 19.7. The van der Waals surface area contributed by atoms with Crippen molar-refractivity contribution in [1.29, 1.82) is 0 Å². The molecule has 0 fully saturated rings. The molecule has 0 amide bonds. The first-order valence-corrected chi connectivity index (χ1v) is 12.4. The van der Waals surface area contributed by atoms with E-state index in [1.165, 1.54) is 21.0 Å². The summed E-state index contributed by atoms with van der Waals surface area (Å²) in [5, 5.41) is 9.45. The largest absolute Gasteiger partial charge is 0.305 e. The summed E-state index contributed by atoms with van der Waals surface area (Å²) in [6, 6.07) is 13.4. The van der Waals surface area contributed by atoms with E-state index in [-0.39, 0.29) is 4.90 Å². The van der Waals surface area contributed by atoms with Gasteiger partial charge < -0.3 is 4.57 Å². The Labute approximate surface area is 183 Å². The van der Waals surface area contributed by atoms with Gasteiger partial charge in [-0.05, 0) is 31.5 Å². The molecule has 3 aromatic rings. The summed E-state index contributed by atoms with van der Waals surface area (Å²) in [6.07, 6.45) is 0. The summed E-state index contributed by atoms with van der Waals surface area (Å²) in [4.78, 5) is 0.274. The van der Waals surface area contributed by atoms with Crippen molar-refractivity contribution in [3.63, 3.8) is 0 Å². The van der Waals surface area contributed by atoms with E-state index in [0.29, 0.717) is 18.9 Å². The third kappa shape index (κ3) is 4.77. The predicted molar refractivity (Wildman–Crippen MR) is 122 cm³/mol. The minimum atomic E-state index is -3.52. The van der Waals surface area contributed by atoms with E-state index >= 15 is 0 Å². The number of sulfonamides is 1. The zero-order valence-electron chi connectivity index (χ0n) is 18.1. The lowest BCUT2D eigenvalue weighted by Gasteiger charge is -2.18. The van der Waals surface area contributed by atoms with E-state index in [0.717, 1.165) is 16.5 Å². The molecule has 160 valence electrons. The minimum absolute atomic E-state index is 0.274. The predicted octanol–water partition coefficient (Wildman–Crippen LogP) is 4.42. The average Bonchev–Trinajstić information content (AvgIpc) is 3.07. The quantitative estimate of drug-likeness (QED) is 0.481. The van der Waals surface area contributed by atoms with Gasteiger partial charge in [0, 0.05) is 31.5 Å². The molecule has 0 unspecified atom stereocenters. The Morgan fingerprint density at radius 1 is 1.00 bits per heavy atom. The zero-order chi connectivity index (χ0) is 21.9. The Balaban J connectivity index is 1.85. The number of hydrogen-bond acceptors (Lipinski definition) is 5. The van der Waals surface area contributed by atoms with Crippen molar-refractivity contribution in [2.45, 2.75) is 43.5 Å². The molecular formula is C22H28N4O2S2. The Bertz CT molecular complexity index is 1120. The van der Waals surface area contributed by atoms with Crippen LogP contribution in [-0.4, -0.2) is 40.6 Å². The van der Waals surface area contributed by atoms with Crippen LogP contribution in [-0.2, 0) is 22.8 Å². The molecule has 0 spiro atoms. The minimum Gasteiger partial charge on any atom is -0.305 e. The molecule has 8 heteroatoms. The second kappa shape index (κ2) is 9.32. The van der Waals surface area contributed by atoms with Crippen molar-refractivity contribution >= 4 is 21.8 Å². The second-order valence-corrected chi connectivity index (χ2v) is 10.1. The fourth-order valence-corrected chi connectivity index (χ4v) is 5.85. The topological polar surface area (TPSA) is 68.1 Å². The Morgan fingerprint density at radius 2 is 1.67 bits per heavy atom. The number of thioether (sulfide) groups is 1. The molecule has 0 saturated heterocycles. The van der Waals surface area contributed by atoms with Crippen LogP contribution in [0.15, 0.2) is 52.5 Å². The molecule has 1 aromatic heterocycles. The Hall–Kier alpha value is -2.16. The maximum absolute atomic E-state index is 12.9.